The van der Waals surface area contributed by atoms with Crippen molar-refractivity contribution >= 4 is 24.2 Å². The molecule has 0 aromatic heterocycles. The van der Waals surface area contributed by atoms with E-state index >= 15 is 0 Å². The molecular formula is C16H24ClN3O2. The number of carbonyl (C=O) groups is 2. The Kier molecular flexibility index (Phi) is 6.84. The Morgan fingerprint density at radius 3 is 2.50 bits per heavy atom. The van der Waals surface area contributed by atoms with Crippen LogP contribution in [0.15, 0.2) is 24.3 Å². The summed E-state index contributed by atoms with van der Waals surface area (Å²) in [6.45, 7) is 4.80. The molecule has 0 saturated carbocycles. The van der Waals surface area contributed by atoms with E-state index in [1.165, 1.54) is 6.92 Å². The lowest BCUT2D eigenvalue weighted by Gasteiger charge is -2.22. The van der Waals surface area contributed by atoms with Gasteiger partial charge in [-0.1, -0.05) is 29.8 Å². The quantitative estimate of drug-likeness (QED) is 0.881. The van der Waals surface area contributed by atoms with E-state index in [2.05, 4.69) is 5.32 Å². The van der Waals surface area contributed by atoms with Gasteiger partial charge in [-0.25, -0.2) is 0 Å². The van der Waals surface area contributed by atoms with Gasteiger partial charge in [-0.2, -0.15) is 0 Å². The fourth-order valence-corrected chi connectivity index (χ4v) is 2.61. The highest BCUT2D eigenvalue weighted by Gasteiger charge is 2.26. The maximum atomic E-state index is 12.3. The van der Waals surface area contributed by atoms with Gasteiger partial charge in [0.15, 0.2) is 0 Å². The summed E-state index contributed by atoms with van der Waals surface area (Å²) in [6.07, 6.45) is 1.12. The van der Waals surface area contributed by atoms with Crippen molar-refractivity contribution in [2.24, 2.45) is 5.73 Å². The van der Waals surface area contributed by atoms with Crippen molar-refractivity contribution < 1.29 is 9.59 Å². The molecular weight excluding hydrogens is 302 g/mol. The van der Waals surface area contributed by atoms with Gasteiger partial charge in [0.05, 0.1) is 12.5 Å². The molecule has 1 fully saturated rings. The predicted molar refractivity (Wildman–Crippen MR) is 88.8 cm³/mol. The van der Waals surface area contributed by atoms with E-state index in [-0.39, 0.29) is 42.7 Å². The number of likely N-dealkylation sites (tertiary alicyclic amines) is 1. The maximum absolute atomic E-state index is 12.3. The Morgan fingerprint density at radius 1 is 1.36 bits per heavy atom. The van der Waals surface area contributed by atoms with Crippen LogP contribution in [0.25, 0.3) is 0 Å². The summed E-state index contributed by atoms with van der Waals surface area (Å²) >= 11 is 0. The number of halogens is 1. The van der Waals surface area contributed by atoms with Crippen LogP contribution in [-0.2, 0) is 9.59 Å². The Morgan fingerprint density at radius 2 is 2.00 bits per heavy atom. The Labute approximate surface area is 137 Å². The van der Waals surface area contributed by atoms with Crippen LogP contribution in [0.1, 0.15) is 36.9 Å². The van der Waals surface area contributed by atoms with E-state index in [9.17, 15) is 9.59 Å². The van der Waals surface area contributed by atoms with Gasteiger partial charge in [-0.05, 0) is 18.9 Å². The summed E-state index contributed by atoms with van der Waals surface area (Å²) in [5.41, 5.74) is 7.94. The number of nitrogens with one attached hydrogen (secondary N) is 1. The highest BCUT2D eigenvalue weighted by Crippen LogP contribution is 2.20. The lowest BCUT2D eigenvalue weighted by atomic mass is 10.0. The number of nitrogens with two attached hydrogens (primary N) is 1. The topological polar surface area (TPSA) is 75.4 Å². The molecule has 0 bridgehead atoms. The van der Waals surface area contributed by atoms with E-state index in [4.69, 9.17) is 5.73 Å². The summed E-state index contributed by atoms with van der Waals surface area (Å²) in [6, 6.07) is 7.68. The summed E-state index contributed by atoms with van der Waals surface area (Å²) in [5, 5.41) is 2.86. The van der Waals surface area contributed by atoms with E-state index in [0.717, 1.165) is 17.5 Å². The van der Waals surface area contributed by atoms with Gasteiger partial charge >= 0.3 is 0 Å². The van der Waals surface area contributed by atoms with Crippen molar-refractivity contribution in [3.05, 3.63) is 35.4 Å². The first kappa shape index (κ1) is 18.5. The van der Waals surface area contributed by atoms with Crippen LogP contribution in [0.5, 0.6) is 0 Å². The Balaban J connectivity index is 0.00000242. The first-order chi connectivity index (χ1) is 9.95. The Bertz CT molecular complexity index is 519. The standard InChI is InChI=1S/C16H23N3O2.ClH/c1-11-3-5-13(6-4-11)15(18-12(2)20)9-16(21)19-8-7-14(17)10-19;/h3-6,14-15H,7-10,17H2,1-2H3,(H,18,20);1H/t14-,15?;/m1./s1. The first-order valence-corrected chi connectivity index (χ1v) is 7.32. The molecule has 22 heavy (non-hydrogen) atoms. The van der Waals surface area contributed by atoms with Crippen LogP contribution < -0.4 is 11.1 Å². The Hall–Kier alpha value is -1.59. The van der Waals surface area contributed by atoms with E-state index in [0.29, 0.717) is 13.1 Å². The molecule has 5 nitrogen and oxygen atoms in total. The zero-order valence-electron chi connectivity index (χ0n) is 13.0. The summed E-state index contributed by atoms with van der Waals surface area (Å²) in [5.74, 6) is -0.0891. The normalized spacial score (nSPS) is 18.5. The monoisotopic (exact) mass is 325 g/mol. The average Bonchev–Trinajstić information content (AvgIpc) is 2.85. The fourth-order valence-electron chi connectivity index (χ4n) is 2.61. The maximum Gasteiger partial charge on any atom is 0.225 e. The molecule has 1 heterocycles. The minimum absolute atomic E-state index is 0. The highest BCUT2D eigenvalue weighted by atomic mass is 35.5. The molecule has 1 saturated heterocycles. The van der Waals surface area contributed by atoms with Crippen LogP contribution in [0.3, 0.4) is 0 Å². The first-order valence-electron chi connectivity index (χ1n) is 7.32. The number of aryl methyl sites for hydroxylation is 1. The molecule has 1 aliphatic rings. The zero-order chi connectivity index (χ0) is 15.4. The molecule has 6 heteroatoms. The zero-order valence-corrected chi connectivity index (χ0v) is 13.9. The molecule has 2 amide bonds. The van der Waals surface area contributed by atoms with Crippen molar-refractivity contribution in [3.8, 4) is 0 Å². The molecule has 1 aromatic carbocycles. The predicted octanol–water partition coefficient (Wildman–Crippen LogP) is 1.54. The van der Waals surface area contributed by atoms with Crippen LogP contribution >= 0.6 is 12.4 Å². The number of amides is 2. The van der Waals surface area contributed by atoms with Crippen molar-refractivity contribution in [2.75, 3.05) is 13.1 Å². The molecule has 2 rings (SSSR count). The van der Waals surface area contributed by atoms with Crippen LogP contribution in [-0.4, -0.2) is 35.8 Å². The van der Waals surface area contributed by atoms with Crippen molar-refractivity contribution in [3.63, 3.8) is 0 Å². The highest BCUT2D eigenvalue weighted by molar-refractivity contribution is 5.85. The van der Waals surface area contributed by atoms with Gasteiger partial charge in [0, 0.05) is 26.1 Å². The molecule has 1 aromatic rings. The van der Waals surface area contributed by atoms with E-state index in [1.807, 2.05) is 31.2 Å². The minimum atomic E-state index is -0.285. The smallest absolute Gasteiger partial charge is 0.225 e. The number of benzene rings is 1. The number of carbonyl (C=O) groups excluding carboxylic acids is 2. The van der Waals surface area contributed by atoms with Crippen LogP contribution in [0, 0.1) is 6.92 Å². The fraction of sp³-hybridized carbons (Fsp3) is 0.500. The lowest BCUT2D eigenvalue weighted by molar-refractivity contribution is -0.131. The number of hydrogen-bond donors (Lipinski definition) is 2. The molecule has 3 N–H and O–H groups in total. The van der Waals surface area contributed by atoms with E-state index in [1.54, 1.807) is 4.90 Å². The van der Waals surface area contributed by atoms with Gasteiger partial charge in [-0.3, -0.25) is 9.59 Å². The second-order valence-corrected chi connectivity index (χ2v) is 5.76. The summed E-state index contributed by atoms with van der Waals surface area (Å²) < 4.78 is 0. The second-order valence-electron chi connectivity index (χ2n) is 5.76. The van der Waals surface area contributed by atoms with Crippen molar-refractivity contribution in [1.82, 2.24) is 10.2 Å². The lowest BCUT2D eigenvalue weighted by Crippen LogP contribution is -2.36. The minimum Gasteiger partial charge on any atom is -0.349 e. The summed E-state index contributed by atoms with van der Waals surface area (Å²) in [4.78, 5) is 25.5. The molecule has 122 valence electrons. The summed E-state index contributed by atoms with van der Waals surface area (Å²) in [7, 11) is 0. The third-order valence-corrected chi connectivity index (χ3v) is 3.81. The van der Waals surface area contributed by atoms with Gasteiger partial charge in [0.2, 0.25) is 11.8 Å². The SMILES string of the molecule is CC(=O)NC(CC(=O)N1CC[C@@H](N)C1)c1ccc(C)cc1.Cl. The van der Waals surface area contributed by atoms with Crippen LogP contribution in [0.2, 0.25) is 0 Å². The third kappa shape index (κ3) is 5.00. The molecule has 2 atom stereocenters. The third-order valence-electron chi connectivity index (χ3n) is 3.81. The molecule has 0 aliphatic carbocycles. The van der Waals surface area contributed by atoms with Gasteiger partial charge < -0.3 is 16.0 Å². The number of rotatable bonds is 4. The largest absolute Gasteiger partial charge is 0.349 e. The average molecular weight is 326 g/mol. The molecule has 1 aliphatic heterocycles. The van der Waals surface area contributed by atoms with Crippen LogP contribution in [0.4, 0.5) is 0 Å². The number of nitrogens with zero attached hydrogens (tertiary/aromatic N) is 1. The van der Waals surface area contributed by atoms with Crippen molar-refractivity contribution in [2.45, 2.75) is 38.8 Å². The van der Waals surface area contributed by atoms with Gasteiger partial charge in [0.1, 0.15) is 0 Å². The second kappa shape index (κ2) is 8.15. The van der Waals surface area contributed by atoms with E-state index < -0.39 is 0 Å². The molecule has 0 spiro atoms. The van der Waals surface area contributed by atoms with Gasteiger partial charge in [0.25, 0.3) is 0 Å². The number of hydrogen-bond acceptors (Lipinski definition) is 3. The molecule has 1 unspecified atom stereocenters. The molecule has 0 radical (unpaired) electrons. The van der Waals surface area contributed by atoms with Crippen molar-refractivity contribution in [1.29, 1.82) is 0 Å². The van der Waals surface area contributed by atoms with Gasteiger partial charge in [-0.15, -0.1) is 12.4 Å².